The Morgan fingerprint density at radius 2 is 0.720 bits per heavy atom. The van der Waals surface area contributed by atoms with Gasteiger partial charge in [0.2, 0.25) is 0 Å². The van der Waals surface area contributed by atoms with Gasteiger partial charge >= 0.3 is 0 Å². The highest BCUT2D eigenvalue weighted by Crippen LogP contribution is 2.64. The van der Waals surface area contributed by atoms with Crippen LogP contribution in [0.25, 0.3) is 0 Å². The van der Waals surface area contributed by atoms with E-state index in [0.29, 0.717) is 10.8 Å². The fourth-order valence-electron chi connectivity index (χ4n) is 3.25. The van der Waals surface area contributed by atoms with E-state index in [1.54, 1.807) is 0 Å². The van der Waals surface area contributed by atoms with Gasteiger partial charge in [-0.15, -0.1) is 0 Å². The van der Waals surface area contributed by atoms with Crippen LogP contribution in [-0.2, 0) is 4.74 Å². The van der Waals surface area contributed by atoms with Gasteiger partial charge in [-0.25, -0.2) is 0 Å². The summed E-state index contributed by atoms with van der Waals surface area (Å²) in [5.41, 5.74) is 4.17. The first-order valence-corrected chi connectivity index (χ1v) is 9.91. The fourth-order valence-corrected chi connectivity index (χ4v) is 3.25. The van der Waals surface area contributed by atoms with Gasteiger partial charge in [0.1, 0.15) is 11.2 Å². The Morgan fingerprint density at radius 1 is 0.520 bits per heavy atom. The Balaban J connectivity index is 0.000000463. The molecular weight excluding hydrogens is 304 g/mol. The summed E-state index contributed by atoms with van der Waals surface area (Å²) in [6.45, 7) is 36.1. The highest BCUT2D eigenvalue weighted by atomic mass is 16.6. The van der Waals surface area contributed by atoms with E-state index in [4.69, 9.17) is 4.74 Å². The molecule has 0 radical (unpaired) electrons. The summed E-state index contributed by atoms with van der Waals surface area (Å²) in [6, 6.07) is 0. The number of hydrogen-bond donors (Lipinski definition) is 0. The molecular formula is C24H48O. The second-order valence-corrected chi connectivity index (χ2v) is 12.4. The highest BCUT2D eigenvalue weighted by molar-refractivity contribution is 5.21. The van der Waals surface area contributed by atoms with Gasteiger partial charge in [0.25, 0.3) is 0 Å². The molecule has 25 heavy (non-hydrogen) atoms. The summed E-state index contributed by atoms with van der Waals surface area (Å²) in [4.78, 5) is 0. The number of rotatable bonds is 0. The minimum absolute atomic E-state index is 0.0260. The Bertz CT molecular complexity index is 450. The first-order chi connectivity index (χ1) is 10.5. The molecule has 2 atom stereocenters. The number of ether oxygens (including phenoxy) is 1. The number of allylic oxidation sites excluding steroid dienone is 2. The normalized spacial score (nSPS) is 28.8. The largest absolute Gasteiger partial charge is 0.362 e. The van der Waals surface area contributed by atoms with Crippen molar-refractivity contribution < 1.29 is 4.74 Å². The third-order valence-corrected chi connectivity index (χ3v) is 6.95. The van der Waals surface area contributed by atoms with Crippen molar-refractivity contribution in [2.75, 3.05) is 0 Å². The fraction of sp³-hybridized carbons (Fsp3) is 0.917. The lowest BCUT2D eigenvalue weighted by molar-refractivity contribution is 0.156. The molecule has 150 valence electrons. The summed E-state index contributed by atoms with van der Waals surface area (Å²) in [5.74, 6) is 0. The van der Waals surface area contributed by atoms with Crippen LogP contribution in [0.4, 0.5) is 0 Å². The van der Waals surface area contributed by atoms with Gasteiger partial charge in [-0.3, -0.25) is 0 Å². The lowest BCUT2D eigenvalue weighted by atomic mass is 9.66. The maximum absolute atomic E-state index is 6.02. The molecule has 0 aliphatic carbocycles. The predicted octanol–water partition coefficient (Wildman–Crippen LogP) is 8.04. The monoisotopic (exact) mass is 352 g/mol. The Labute approximate surface area is 160 Å². The maximum Gasteiger partial charge on any atom is 0.100 e. The lowest BCUT2D eigenvalue weighted by Crippen LogP contribution is -2.41. The van der Waals surface area contributed by atoms with Crippen molar-refractivity contribution in [2.45, 2.75) is 122 Å². The van der Waals surface area contributed by atoms with Crippen molar-refractivity contribution in [3.05, 3.63) is 11.1 Å². The van der Waals surface area contributed by atoms with Crippen LogP contribution in [0, 0.1) is 21.7 Å². The smallest absolute Gasteiger partial charge is 0.100 e. The summed E-state index contributed by atoms with van der Waals surface area (Å²) in [5, 5.41) is 0. The molecule has 1 heteroatoms. The molecule has 0 N–H and O–H groups in total. The molecule has 0 aromatic heterocycles. The molecule has 0 aromatic carbocycles. The zero-order valence-corrected chi connectivity index (χ0v) is 20.4. The Hall–Kier alpha value is -0.300. The van der Waals surface area contributed by atoms with E-state index in [0.717, 1.165) is 0 Å². The van der Waals surface area contributed by atoms with Gasteiger partial charge in [0.15, 0.2) is 0 Å². The van der Waals surface area contributed by atoms with E-state index in [1.807, 2.05) is 0 Å². The van der Waals surface area contributed by atoms with Crippen molar-refractivity contribution in [3.8, 4) is 0 Å². The minimum Gasteiger partial charge on any atom is -0.362 e. The van der Waals surface area contributed by atoms with Gasteiger partial charge in [0, 0.05) is 0 Å². The predicted molar refractivity (Wildman–Crippen MR) is 114 cm³/mol. The van der Waals surface area contributed by atoms with Crippen LogP contribution in [0.3, 0.4) is 0 Å². The lowest BCUT2D eigenvalue weighted by Gasteiger charge is -2.33. The Kier molecular flexibility index (Phi) is 6.62. The van der Waals surface area contributed by atoms with Crippen LogP contribution in [0.5, 0.6) is 0 Å². The SMILES string of the molecule is C/C(=C(\C)C(C)(C)C)C(C)(C)C.CC(C)(C)C1(C)OC1(C)C(C)(C)C. The Morgan fingerprint density at radius 3 is 0.800 bits per heavy atom. The number of hydrogen-bond acceptors (Lipinski definition) is 1. The molecule has 1 saturated heterocycles. The van der Waals surface area contributed by atoms with Crippen LogP contribution >= 0.6 is 0 Å². The van der Waals surface area contributed by atoms with Crippen molar-refractivity contribution in [3.63, 3.8) is 0 Å². The van der Waals surface area contributed by atoms with E-state index < -0.39 is 0 Å². The van der Waals surface area contributed by atoms with Gasteiger partial charge in [-0.05, 0) is 49.4 Å². The quantitative estimate of drug-likeness (QED) is 0.317. The molecule has 1 aliphatic heterocycles. The molecule has 0 amide bonds. The van der Waals surface area contributed by atoms with Crippen LogP contribution in [0.1, 0.15) is 111 Å². The zero-order valence-electron chi connectivity index (χ0n) is 20.4. The van der Waals surface area contributed by atoms with E-state index in [2.05, 4.69) is 111 Å². The number of epoxide rings is 1. The van der Waals surface area contributed by atoms with Crippen LogP contribution in [0.15, 0.2) is 11.1 Å². The molecule has 0 saturated carbocycles. The molecule has 1 nitrogen and oxygen atoms in total. The van der Waals surface area contributed by atoms with E-state index in [9.17, 15) is 0 Å². The molecule has 1 heterocycles. The van der Waals surface area contributed by atoms with Gasteiger partial charge in [0.05, 0.1) is 0 Å². The molecule has 0 aromatic rings. The molecule has 1 rings (SSSR count). The summed E-state index contributed by atoms with van der Waals surface area (Å²) >= 11 is 0. The van der Waals surface area contributed by atoms with E-state index in [1.165, 1.54) is 11.1 Å². The van der Waals surface area contributed by atoms with Crippen LogP contribution in [-0.4, -0.2) is 11.2 Å². The molecule has 1 fully saturated rings. The minimum atomic E-state index is 0.0260. The maximum atomic E-state index is 6.02. The van der Waals surface area contributed by atoms with Crippen LogP contribution in [0.2, 0.25) is 0 Å². The van der Waals surface area contributed by atoms with Gasteiger partial charge in [-0.2, -0.15) is 0 Å². The standard InChI is InChI=1S/C12H24O.C12H24/c1-9(2,3)11(7)12(8,13-11)10(4,5)6;1-9(11(3,4)5)10(2)12(6,7)8/h1-8H3;1-8H3/b;10-9-. The third kappa shape index (κ3) is 5.12. The zero-order chi connectivity index (χ0) is 20.9. The third-order valence-electron chi connectivity index (χ3n) is 6.95. The van der Waals surface area contributed by atoms with E-state index >= 15 is 0 Å². The second-order valence-electron chi connectivity index (χ2n) is 12.4. The average molecular weight is 353 g/mol. The van der Waals surface area contributed by atoms with Crippen molar-refractivity contribution in [2.24, 2.45) is 21.7 Å². The molecule has 1 aliphatic rings. The summed E-state index contributed by atoms with van der Waals surface area (Å²) < 4.78 is 6.02. The molecule has 2 unspecified atom stereocenters. The summed E-state index contributed by atoms with van der Waals surface area (Å²) in [6.07, 6.45) is 0. The van der Waals surface area contributed by atoms with Crippen molar-refractivity contribution in [1.82, 2.24) is 0 Å². The first-order valence-electron chi connectivity index (χ1n) is 9.91. The van der Waals surface area contributed by atoms with Gasteiger partial charge in [-0.1, -0.05) is 94.2 Å². The van der Waals surface area contributed by atoms with E-state index in [-0.39, 0.29) is 22.0 Å². The first kappa shape index (κ1) is 24.7. The van der Waals surface area contributed by atoms with Crippen molar-refractivity contribution in [1.29, 1.82) is 0 Å². The summed E-state index contributed by atoms with van der Waals surface area (Å²) in [7, 11) is 0. The molecule has 0 bridgehead atoms. The van der Waals surface area contributed by atoms with Crippen LogP contribution < -0.4 is 0 Å². The molecule has 0 spiro atoms. The van der Waals surface area contributed by atoms with Gasteiger partial charge < -0.3 is 4.74 Å². The average Bonchev–Trinajstić information content (AvgIpc) is 2.91. The second kappa shape index (κ2) is 6.70. The van der Waals surface area contributed by atoms with Crippen molar-refractivity contribution >= 4 is 0 Å². The highest BCUT2D eigenvalue weighted by Gasteiger charge is 2.73. The topological polar surface area (TPSA) is 12.5 Å².